The van der Waals surface area contributed by atoms with E-state index >= 15 is 0 Å². The molecule has 2 heterocycles. The van der Waals surface area contributed by atoms with Crippen molar-refractivity contribution in [2.24, 2.45) is 0 Å². The van der Waals surface area contributed by atoms with Gasteiger partial charge in [0.1, 0.15) is 39.3 Å². The molecule has 0 aliphatic carbocycles. The Hall–Kier alpha value is -4.15. The van der Waals surface area contributed by atoms with Gasteiger partial charge in [-0.15, -0.1) is 0 Å². The molecule has 0 spiro atoms. The highest BCUT2D eigenvalue weighted by atomic mass is 16.7. The summed E-state index contributed by atoms with van der Waals surface area (Å²) >= 11 is 0. The average molecular weight is 567 g/mol. The number of benzene rings is 2. The van der Waals surface area contributed by atoms with Crippen LogP contribution in [0.3, 0.4) is 0 Å². The Balaban J connectivity index is 0.000000507. The fourth-order valence-corrected chi connectivity index (χ4v) is 4.89. The average Bonchev–Trinajstić information content (AvgIpc) is 3.10. The van der Waals surface area contributed by atoms with Crippen LogP contribution in [-0.4, -0.2) is 81.7 Å². The number of aliphatic carboxylic acids is 2. The van der Waals surface area contributed by atoms with Crippen molar-refractivity contribution in [3.63, 3.8) is 0 Å². The summed E-state index contributed by atoms with van der Waals surface area (Å²) in [5, 5.41) is 17.2. The highest BCUT2D eigenvalue weighted by Crippen LogP contribution is 2.35. The number of nitrogens with one attached hydrogen (secondary N) is 2. The van der Waals surface area contributed by atoms with Crippen molar-refractivity contribution < 1.29 is 43.9 Å². The number of carboxylic acids is 2. The molecule has 1 saturated heterocycles. The fourth-order valence-electron chi connectivity index (χ4n) is 4.89. The van der Waals surface area contributed by atoms with Crippen LogP contribution in [0.15, 0.2) is 60.7 Å². The molecule has 0 aromatic heterocycles. The van der Waals surface area contributed by atoms with Crippen molar-refractivity contribution in [2.75, 3.05) is 57.3 Å². The largest absolute Gasteiger partial charge is 0.545 e. The van der Waals surface area contributed by atoms with Crippen molar-refractivity contribution >= 4 is 41.6 Å². The Morgan fingerprint density at radius 1 is 0.902 bits per heavy atom. The van der Waals surface area contributed by atoms with Crippen LogP contribution in [-0.2, 0) is 19.1 Å². The fraction of sp³-hybridized carbons (Fsp3) is 0.387. The van der Waals surface area contributed by atoms with Crippen molar-refractivity contribution in [2.45, 2.75) is 26.4 Å². The topological polar surface area (TPSA) is 125 Å². The molecule has 10 heteroatoms. The van der Waals surface area contributed by atoms with Crippen LogP contribution in [0.5, 0.6) is 0 Å². The maximum atomic E-state index is 11.5. The number of nitrogens with zero attached hydrogens (tertiary/aromatic N) is 1. The van der Waals surface area contributed by atoms with Crippen molar-refractivity contribution in [3.8, 4) is 0 Å². The number of rotatable bonds is 10. The number of hydrogen-bond acceptors (Lipinski definition) is 7. The second kappa shape index (κ2) is 16.2. The van der Waals surface area contributed by atoms with Crippen molar-refractivity contribution in [3.05, 3.63) is 71.8 Å². The zero-order valence-electron chi connectivity index (χ0n) is 23.7. The predicted molar refractivity (Wildman–Crippen MR) is 154 cm³/mol. The van der Waals surface area contributed by atoms with E-state index in [1.165, 1.54) is 47.0 Å². The molecule has 220 valence electrons. The van der Waals surface area contributed by atoms with Gasteiger partial charge < -0.3 is 39.2 Å². The zero-order chi connectivity index (χ0) is 29.6. The van der Waals surface area contributed by atoms with Crippen LogP contribution in [0.25, 0.3) is 12.2 Å². The summed E-state index contributed by atoms with van der Waals surface area (Å²) in [6, 6.07) is 17.4. The van der Waals surface area contributed by atoms with E-state index in [4.69, 9.17) is 14.6 Å². The summed E-state index contributed by atoms with van der Waals surface area (Å²) in [6.45, 7) is 11.7. The first kappa shape index (κ1) is 31.4. The number of carbonyl (C=O) groups excluding carboxylic acids is 2. The van der Waals surface area contributed by atoms with Gasteiger partial charge in [-0.2, -0.15) is 0 Å². The summed E-state index contributed by atoms with van der Waals surface area (Å²) < 4.78 is 10.2. The lowest BCUT2D eigenvalue weighted by molar-refractivity contribution is -1.01. The molecular formula is C31H40N3O7+. The number of para-hydroxylation sites is 2. The maximum Gasteiger partial charge on any atom is 0.508 e. The number of carbonyl (C=O) groups is 3. The third-order valence-electron chi connectivity index (χ3n) is 6.84. The van der Waals surface area contributed by atoms with E-state index < -0.39 is 18.1 Å². The molecule has 2 aliphatic rings. The van der Waals surface area contributed by atoms with Gasteiger partial charge in [0.05, 0.1) is 18.6 Å². The Morgan fingerprint density at radius 2 is 1.44 bits per heavy atom. The van der Waals surface area contributed by atoms with Gasteiger partial charge in [0.15, 0.2) is 0 Å². The first-order chi connectivity index (χ1) is 19.7. The normalized spacial score (nSPS) is 17.6. The second-order valence-corrected chi connectivity index (χ2v) is 10.2. The summed E-state index contributed by atoms with van der Waals surface area (Å²) in [4.78, 5) is 36.1. The van der Waals surface area contributed by atoms with Gasteiger partial charge in [-0.05, 0) is 43.2 Å². The van der Waals surface area contributed by atoms with E-state index in [1.54, 1.807) is 4.90 Å². The SMILES string of the molecule is CC(C)OC(=O)OCC[NH+]1CC[NH+](CCCN2c3ccccc3C=Cc3ccccc32)CC1.O=C([O-])/C=C\C(=O)O. The van der Waals surface area contributed by atoms with Crippen LogP contribution < -0.4 is 19.8 Å². The van der Waals surface area contributed by atoms with Crippen molar-refractivity contribution in [1.82, 2.24) is 0 Å². The van der Waals surface area contributed by atoms with Crippen LogP contribution in [0.4, 0.5) is 16.2 Å². The van der Waals surface area contributed by atoms with Gasteiger partial charge in [-0.3, -0.25) is 0 Å². The van der Waals surface area contributed by atoms with E-state index in [1.807, 2.05) is 13.8 Å². The van der Waals surface area contributed by atoms with Gasteiger partial charge in [0.25, 0.3) is 0 Å². The highest BCUT2D eigenvalue weighted by Gasteiger charge is 2.24. The summed E-state index contributed by atoms with van der Waals surface area (Å²) in [5.74, 6) is -2.80. The molecule has 0 saturated carbocycles. The molecule has 0 atom stereocenters. The number of anilines is 2. The number of fused-ring (bicyclic) bond motifs is 2. The molecule has 4 rings (SSSR count). The predicted octanol–water partition coefficient (Wildman–Crippen LogP) is 0.421. The quantitative estimate of drug-likeness (QED) is 0.279. The van der Waals surface area contributed by atoms with Crippen molar-refractivity contribution in [1.29, 1.82) is 0 Å². The molecule has 41 heavy (non-hydrogen) atoms. The first-order valence-electron chi connectivity index (χ1n) is 14.0. The van der Waals surface area contributed by atoms with Crippen LogP contribution >= 0.6 is 0 Å². The zero-order valence-corrected chi connectivity index (χ0v) is 23.7. The third kappa shape index (κ3) is 10.7. The monoisotopic (exact) mass is 566 g/mol. The Bertz CT molecular complexity index is 1150. The lowest BCUT2D eigenvalue weighted by atomic mass is 10.1. The first-order valence-corrected chi connectivity index (χ1v) is 14.0. The molecule has 2 aromatic carbocycles. The van der Waals surface area contributed by atoms with E-state index in [2.05, 4.69) is 65.6 Å². The Morgan fingerprint density at radius 3 is 1.93 bits per heavy atom. The number of hydrogen-bond donors (Lipinski definition) is 3. The van der Waals surface area contributed by atoms with Gasteiger partial charge in [-0.25, -0.2) is 9.59 Å². The lowest BCUT2D eigenvalue weighted by Crippen LogP contribution is -3.28. The third-order valence-corrected chi connectivity index (χ3v) is 6.84. The summed E-state index contributed by atoms with van der Waals surface area (Å²) in [7, 11) is 0. The molecular weight excluding hydrogens is 526 g/mol. The van der Waals surface area contributed by atoms with E-state index in [0.717, 1.165) is 32.6 Å². The molecule has 0 amide bonds. The highest BCUT2D eigenvalue weighted by molar-refractivity contribution is 5.89. The minimum Gasteiger partial charge on any atom is -0.545 e. The molecule has 3 N–H and O–H groups in total. The molecule has 0 unspecified atom stereocenters. The van der Waals surface area contributed by atoms with Crippen LogP contribution in [0, 0.1) is 0 Å². The number of ether oxygens (including phenoxy) is 2. The van der Waals surface area contributed by atoms with E-state index in [-0.39, 0.29) is 6.10 Å². The van der Waals surface area contributed by atoms with Gasteiger partial charge >= 0.3 is 12.1 Å². The minimum atomic E-state index is -1.51. The summed E-state index contributed by atoms with van der Waals surface area (Å²) in [6.07, 6.45) is 5.86. The Labute approximate surface area is 241 Å². The number of carboxylic acid groups (broad SMARTS) is 2. The standard InChI is InChI=1S/C27H35N3O3.C4H4O4/c1-22(2)33-27(31)32-21-20-29-18-16-28(17-19-29)14-7-15-30-25-10-5-3-8-23(25)12-13-24-9-4-6-11-26(24)30;5-3(6)1-2-4(7)8/h3-6,8-13,22H,7,14-21H2,1-2H3;1-2H,(H,5,6)(H,7,8)/p+1/b;2-1-. The van der Waals surface area contributed by atoms with Gasteiger partial charge in [0, 0.05) is 30.4 Å². The maximum absolute atomic E-state index is 11.5. The number of quaternary nitrogens is 2. The molecule has 2 aliphatic heterocycles. The molecule has 0 bridgehead atoms. The van der Waals surface area contributed by atoms with E-state index in [9.17, 15) is 19.5 Å². The van der Waals surface area contributed by atoms with Crippen LogP contribution in [0.2, 0.25) is 0 Å². The van der Waals surface area contributed by atoms with E-state index in [0.29, 0.717) is 18.8 Å². The molecule has 1 fully saturated rings. The minimum absolute atomic E-state index is 0.135. The number of piperazine rings is 1. The van der Waals surface area contributed by atoms with Gasteiger partial charge in [0.2, 0.25) is 0 Å². The lowest BCUT2D eigenvalue weighted by Gasteiger charge is -2.31. The molecule has 10 nitrogen and oxygen atoms in total. The summed E-state index contributed by atoms with van der Waals surface area (Å²) in [5.41, 5.74) is 5.13. The molecule has 0 radical (unpaired) electrons. The second-order valence-electron chi connectivity index (χ2n) is 10.2. The van der Waals surface area contributed by atoms with Crippen LogP contribution in [0.1, 0.15) is 31.4 Å². The smallest absolute Gasteiger partial charge is 0.508 e. The Kier molecular flexibility index (Phi) is 12.4. The molecule has 2 aromatic rings. The van der Waals surface area contributed by atoms with Gasteiger partial charge in [-0.1, -0.05) is 48.6 Å².